The Morgan fingerprint density at radius 2 is 1.92 bits per heavy atom. The van der Waals surface area contributed by atoms with Gasteiger partial charge in [0.25, 0.3) is 5.91 Å². The maximum absolute atomic E-state index is 13.2. The monoisotopic (exact) mass is 513 g/mol. The quantitative estimate of drug-likeness (QED) is 0.486. The molecule has 1 aliphatic carbocycles. The van der Waals surface area contributed by atoms with Crippen LogP contribution in [0.3, 0.4) is 0 Å². The van der Waals surface area contributed by atoms with Gasteiger partial charge in [-0.25, -0.2) is 4.98 Å². The third-order valence-electron chi connectivity index (χ3n) is 8.42. The Hall–Kier alpha value is -3.86. The average molecular weight is 514 g/mol. The molecule has 1 aliphatic heterocycles. The van der Waals surface area contributed by atoms with Gasteiger partial charge in [-0.15, -0.1) is 0 Å². The first-order chi connectivity index (χ1) is 18.4. The number of aromatic nitrogens is 2. The van der Waals surface area contributed by atoms with Crippen molar-refractivity contribution in [2.24, 2.45) is 18.9 Å². The normalized spacial score (nSPS) is 17.4. The SMILES string of the molecule is COc1c(NC(=O)c2cccc(C#N)c2)cnc2c1c(C1CCN(C(=O)[C@@H](C)C3CCCC3)CC1)cn2C. The molecule has 3 aromatic rings. The summed E-state index contributed by atoms with van der Waals surface area (Å²) >= 11 is 0. The highest BCUT2D eigenvalue weighted by atomic mass is 16.5. The summed E-state index contributed by atoms with van der Waals surface area (Å²) < 4.78 is 7.84. The summed E-state index contributed by atoms with van der Waals surface area (Å²) in [4.78, 5) is 32.9. The standard InChI is InChI=1S/C30H35N5O3/c1-19(21-8-4-5-9-21)30(37)35-13-11-22(12-14-35)24-18-34(2)28-26(24)27(38-3)25(17-32-28)33-29(36)23-10-6-7-20(15-23)16-31/h6-7,10,15,17-19,21-22H,4-5,8-9,11-14H2,1-3H3,(H,33,36)/t19-/m0/s1. The minimum absolute atomic E-state index is 0.107. The summed E-state index contributed by atoms with van der Waals surface area (Å²) in [5.41, 5.74) is 3.22. The van der Waals surface area contributed by atoms with Crippen LogP contribution in [0, 0.1) is 23.2 Å². The molecule has 2 aromatic heterocycles. The van der Waals surface area contributed by atoms with Gasteiger partial charge in [0.15, 0.2) is 5.75 Å². The molecule has 198 valence electrons. The summed E-state index contributed by atoms with van der Waals surface area (Å²) in [5.74, 6) is 1.45. The molecule has 2 amide bonds. The third-order valence-corrected chi connectivity index (χ3v) is 8.42. The molecule has 1 aromatic carbocycles. The van der Waals surface area contributed by atoms with Gasteiger partial charge in [-0.05, 0) is 61.3 Å². The van der Waals surface area contributed by atoms with Gasteiger partial charge in [-0.1, -0.05) is 25.8 Å². The number of anilines is 1. The molecule has 1 saturated heterocycles. The number of nitrogens with zero attached hydrogens (tertiary/aromatic N) is 4. The number of hydrogen-bond acceptors (Lipinski definition) is 5. The summed E-state index contributed by atoms with van der Waals surface area (Å²) in [5, 5.41) is 13.0. The van der Waals surface area contributed by atoms with Crippen LogP contribution in [-0.2, 0) is 11.8 Å². The van der Waals surface area contributed by atoms with Crippen molar-refractivity contribution >= 4 is 28.5 Å². The van der Waals surface area contributed by atoms with Crippen LogP contribution in [-0.4, -0.2) is 46.5 Å². The lowest BCUT2D eigenvalue weighted by Gasteiger charge is -2.35. The molecule has 1 saturated carbocycles. The van der Waals surface area contributed by atoms with E-state index in [0.29, 0.717) is 34.4 Å². The molecule has 2 aliphatic rings. The Morgan fingerprint density at radius 3 is 2.61 bits per heavy atom. The fraction of sp³-hybridized carbons (Fsp3) is 0.467. The number of aryl methyl sites for hydroxylation is 1. The van der Waals surface area contributed by atoms with Gasteiger partial charge < -0.3 is 19.5 Å². The van der Waals surface area contributed by atoms with E-state index < -0.39 is 0 Å². The van der Waals surface area contributed by atoms with Crippen molar-refractivity contribution in [3.05, 3.63) is 53.3 Å². The highest BCUT2D eigenvalue weighted by molar-refractivity contribution is 6.07. The van der Waals surface area contributed by atoms with E-state index in [2.05, 4.69) is 34.4 Å². The maximum atomic E-state index is 13.2. The number of methoxy groups -OCH3 is 1. The maximum Gasteiger partial charge on any atom is 0.255 e. The van der Waals surface area contributed by atoms with Crippen molar-refractivity contribution in [3.63, 3.8) is 0 Å². The number of carbonyl (C=O) groups excluding carboxylic acids is 2. The summed E-state index contributed by atoms with van der Waals surface area (Å²) in [7, 11) is 3.56. The van der Waals surface area contributed by atoms with Crippen molar-refractivity contribution in [1.29, 1.82) is 5.26 Å². The number of likely N-dealkylation sites (tertiary alicyclic amines) is 1. The highest BCUT2D eigenvalue weighted by Gasteiger charge is 2.33. The minimum Gasteiger partial charge on any atom is -0.494 e. The van der Waals surface area contributed by atoms with E-state index in [1.165, 1.54) is 25.7 Å². The number of benzene rings is 1. The number of nitriles is 1. The molecule has 38 heavy (non-hydrogen) atoms. The minimum atomic E-state index is -0.331. The second-order valence-corrected chi connectivity index (χ2v) is 10.7. The first kappa shape index (κ1) is 25.8. The van der Waals surface area contributed by atoms with E-state index in [1.807, 2.05) is 11.6 Å². The Labute approximate surface area is 223 Å². The second-order valence-electron chi connectivity index (χ2n) is 10.7. The van der Waals surface area contributed by atoms with Crippen LogP contribution >= 0.6 is 0 Å². The van der Waals surface area contributed by atoms with E-state index in [1.54, 1.807) is 37.6 Å². The summed E-state index contributed by atoms with van der Waals surface area (Å²) in [6.45, 7) is 3.61. The zero-order valence-corrected chi connectivity index (χ0v) is 22.4. The van der Waals surface area contributed by atoms with E-state index >= 15 is 0 Å². The van der Waals surface area contributed by atoms with E-state index in [9.17, 15) is 14.9 Å². The summed E-state index contributed by atoms with van der Waals surface area (Å²) in [6.07, 6.45) is 10.3. The van der Waals surface area contributed by atoms with Crippen molar-refractivity contribution in [2.45, 2.75) is 51.4 Å². The number of piperidine rings is 1. The topological polar surface area (TPSA) is 100 Å². The zero-order chi connectivity index (χ0) is 26.8. The number of carbonyl (C=O) groups is 2. The van der Waals surface area contributed by atoms with Gasteiger partial charge in [0.2, 0.25) is 5.91 Å². The molecule has 0 bridgehead atoms. The Kier molecular flexibility index (Phi) is 7.37. The number of fused-ring (bicyclic) bond motifs is 1. The van der Waals surface area contributed by atoms with Gasteiger partial charge in [0, 0.05) is 37.8 Å². The first-order valence-corrected chi connectivity index (χ1v) is 13.5. The van der Waals surface area contributed by atoms with Crippen LogP contribution in [0.2, 0.25) is 0 Å². The van der Waals surface area contributed by atoms with Crippen LogP contribution in [0.15, 0.2) is 36.7 Å². The fourth-order valence-corrected chi connectivity index (χ4v) is 6.24. The van der Waals surface area contributed by atoms with Crippen LogP contribution in [0.4, 0.5) is 5.69 Å². The number of nitrogens with one attached hydrogen (secondary N) is 1. The number of amides is 2. The van der Waals surface area contributed by atoms with E-state index in [4.69, 9.17) is 4.74 Å². The lowest BCUT2D eigenvalue weighted by molar-refractivity contribution is -0.137. The van der Waals surface area contributed by atoms with Gasteiger partial charge in [-0.3, -0.25) is 9.59 Å². The fourth-order valence-electron chi connectivity index (χ4n) is 6.24. The molecule has 1 atom stereocenters. The number of rotatable bonds is 6. The van der Waals surface area contributed by atoms with Crippen LogP contribution < -0.4 is 10.1 Å². The Balaban J connectivity index is 1.37. The van der Waals surface area contributed by atoms with Gasteiger partial charge in [0.05, 0.1) is 30.3 Å². The van der Waals surface area contributed by atoms with Gasteiger partial charge in [-0.2, -0.15) is 5.26 Å². The third kappa shape index (κ3) is 4.85. The lowest BCUT2D eigenvalue weighted by atomic mass is 9.87. The largest absolute Gasteiger partial charge is 0.494 e. The number of hydrogen-bond donors (Lipinski definition) is 1. The second kappa shape index (κ2) is 10.9. The first-order valence-electron chi connectivity index (χ1n) is 13.5. The van der Waals surface area contributed by atoms with E-state index in [-0.39, 0.29) is 17.7 Å². The number of ether oxygens (including phenoxy) is 1. The Morgan fingerprint density at radius 1 is 1.18 bits per heavy atom. The average Bonchev–Trinajstić information content (AvgIpc) is 3.61. The van der Waals surface area contributed by atoms with Crippen LogP contribution in [0.5, 0.6) is 5.75 Å². The molecule has 0 radical (unpaired) electrons. The Bertz CT molecular complexity index is 1390. The van der Waals surface area contributed by atoms with Crippen molar-refractivity contribution in [1.82, 2.24) is 14.5 Å². The predicted octanol–water partition coefficient (Wildman–Crippen LogP) is 5.24. The van der Waals surface area contributed by atoms with Crippen molar-refractivity contribution < 1.29 is 14.3 Å². The molecule has 2 fully saturated rings. The number of pyridine rings is 1. The molecular formula is C30H35N5O3. The van der Waals surface area contributed by atoms with Crippen molar-refractivity contribution in [2.75, 3.05) is 25.5 Å². The molecule has 1 N–H and O–H groups in total. The van der Waals surface area contributed by atoms with Gasteiger partial charge in [0.1, 0.15) is 11.3 Å². The molecular weight excluding hydrogens is 478 g/mol. The molecule has 3 heterocycles. The van der Waals surface area contributed by atoms with Crippen LogP contribution in [0.1, 0.15) is 72.9 Å². The predicted molar refractivity (Wildman–Crippen MR) is 146 cm³/mol. The molecule has 8 heteroatoms. The molecule has 0 unspecified atom stereocenters. The molecule has 0 spiro atoms. The van der Waals surface area contributed by atoms with Crippen molar-refractivity contribution in [3.8, 4) is 11.8 Å². The molecule has 5 rings (SSSR count). The van der Waals surface area contributed by atoms with E-state index in [0.717, 1.165) is 42.5 Å². The smallest absolute Gasteiger partial charge is 0.255 e. The summed E-state index contributed by atoms with van der Waals surface area (Å²) in [6, 6.07) is 8.65. The highest BCUT2D eigenvalue weighted by Crippen LogP contribution is 2.42. The zero-order valence-electron chi connectivity index (χ0n) is 22.4. The lowest BCUT2D eigenvalue weighted by Crippen LogP contribution is -2.42. The van der Waals surface area contributed by atoms with Crippen LogP contribution in [0.25, 0.3) is 11.0 Å². The molecule has 8 nitrogen and oxygen atoms in total. The van der Waals surface area contributed by atoms with Gasteiger partial charge >= 0.3 is 0 Å².